The maximum Gasteiger partial charge on any atom is 0.390 e. The average molecular weight is 209 g/mol. The Balaban J connectivity index is 0.000000791. The van der Waals surface area contributed by atoms with Gasteiger partial charge in [0.25, 0.3) is 0 Å². The van der Waals surface area contributed by atoms with E-state index in [4.69, 9.17) is 0 Å². The lowest BCUT2D eigenvalue weighted by Crippen LogP contribution is -2.13. The molecule has 0 saturated carbocycles. The van der Waals surface area contributed by atoms with Gasteiger partial charge in [-0.3, -0.25) is 4.68 Å². The minimum atomic E-state index is -4.13. The molecule has 0 aliphatic rings. The number of hydrogen-bond acceptors (Lipinski definition) is 2. The predicted molar refractivity (Wildman–Crippen MR) is 46.8 cm³/mol. The number of alkyl halides is 3. The molecule has 0 bridgehead atoms. The van der Waals surface area contributed by atoms with Crippen LogP contribution in [0.2, 0.25) is 0 Å². The van der Waals surface area contributed by atoms with E-state index in [9.17, 15) is 13.2 Å². The zero-order chi connectivity index (χ0) is 11.2. The summed E-state index contributed by atoms with van der Waals surface area (Å²) in [5.74, 6) is 0.499. The summed E-state index contributed by atoms with van der Waals surface area (Å²) in [7, 11) is 0. The van der Waals surface area contributed by atoms with Gasteiger partial charge in [-0.05, 0) is 6.92 Å². The fraction of sp³-hybridized carbons (Fsp3) is 0.750. The van der Waals surface area contributed by atoms with Crippen LogP contribution in [0.25, 0.3) is 0 Å². The van der Waals surface area contributed by atoms with Crippen LogP contribution < -0.4 is 0 Å². The first-order chi connectivity index (χ1) is 6.49. The molecule has 0 spiro atoms. The number of hydrogen-bond donors (Lipinski definition) is 0. The van der Waals surface area contributed by atoms with Crippen molar-refractivity contribution in [1.29, 1.82) is 0 Å². The van der Waals surface area contributed by atoms with Gasteiger partial charge in [0.15, 0.2) is 0 Å². The lowest BCUT2D eigenvalue weighted by Gasteiger charge is -2.06. The summed E-state index contributed by atoms with van der Waals surface area (Å²) >= 11 is 0. The maximum atomic E-state index is 11.7. The van der Waals surface area contributed by atoms with Crippen molar-refractivity contribution in [1.82, 2.24) is 14.8 Å². The Morgan fingerprint density at radius 3 is 2.29 bits per heavy atom. The highest BCUT2D eigenvalue weighted by Crippen LogP contribution is 2.19. The average Bonchev–Trinajstić information content (AvgIpc) is 2.50. The van der Waals surface area contributed by atoms with E-state index in [0.29, 0.717) is 5.82 Å². The van der Waals surface area contributed by atoms with Crippen molar-refractivity contribution in [3.05, 3.63) is 12.2 Å². The Bertz CT molecular complexity index is 255. The van der Waals surface area contributed by atoms with Gasteiger partial charge in [-0.15, -0.1) is 0 Å². The molecule has 82 valence electrons. The summed E-state index contributed by atoms with van der Waals surface area (Å²) in [6.45, 7) is 5.46. The Kier molecular flexibility index (Phi) is 5.19. The van der Waals surface area contributed by atoms with Crippen LogP contribution in [0.4, 0.5) is 13.2 Å². The first-order valence-electron chi connectivity index (χ1n) is 4.40. The van der Waals surface area contributed by atoms with E-state index in [-0.39, 0.29) is 6.54 Å². The van der Waals surface area contributed by atoms with E-state index >= 15 is 0 Å². The highest BCUT2D eigenvalue weighted by Gasteiger charge is 2.26. The van der Waals surface area contributed by atoms with Gasteiger partial charge < -0.3 is 0 Å². The SMILES string of the molecule is CC.Cc1ncnn1CCC(F)(F)F. The van der Waals surface area contributed by atoms with E-state index in [1.807, 2.05) is 13.8 Å². The van der Waals surface area contributed by atoms with Gasteiger partial charge >= 0.3 is 6.18 Å². The molecule has 3 nitrogen and oxygen atoms in total. The summed E-state index contributed by atoms with van der Waals surface area (Å²) in [4.78, 5) is 3.70. The molecule has 1 heterocycles. The lowest BCUT2D eigenvalue weighted by atomic mass is 10.4. The van der Waals surface area contributed by atoms with Gasteiger partial charge in [0.1, 0.15) is 12.2 Å². The summed E-state index contributed by atoms with van der Waals surface area (Å²) in [5, 5.41) is 3.62. The van der Waals surface area contributed by atoms with Crippen LogP contribution in [-0.4, -0.2) is 20.9 Å². The Hall–Kier alpha value is -1.07. The second kappa shape index (κ2) is 5.62. The van der Waals surface area contributed by atoms with Gasteiger partial charge in [-0.1, -0.05) is 13.8 Å². The molecule has 0 radical (unpaired) electrons. The minimum Gasteiger partial charge on any atom is -0.250 e. The molecule has 0 fully saturated rings. The third kappa shape index (κ3) is 4.84. The van der Waals surface area contributed by atoms with Crippen molar-refractivity contribution in [2.24, 2.45) is 0 Å². The second-order valence-electron chi connectivity index (χ2n) is 2.40. The molecule has 0 atom stereocenters. The summed E-state index contributed by atoms with van der Waals surface area (Å²) in [5.41, 5.74) is 0. The van der Waals surface area contributed by atoms with Gasteiger partial charge in [-0.2, -0.15) is 18.3 Å². The Morgan fingerprint density at radius 1 is 1.36 bits per heavy atom. The largest absolute Gasteiger partial charge is 0.390 e. The lowest BCUT2D eigenvalue weighted by molar-refractivity contribution is -0.137. The third-order valence-corrected chi connectivity index (χ3v) is 1.42. The van der Waals surface area contributed by atoms with Crippen LogP contribution in [-0.2, 0) is 6.54 Å². The van der Waals surface area contributed by atoms with Gasteiger partial charge in [-0.25, -0.2) is 4.98 Å². The van der Waals surface area contributed by atoms with Gasteiger partial charge in [0, 0.05) is 0 Å². The Morgan fingerprint density at radius 2 is 1.93 bits per heavy atom. The molecule has 1 rings (SSSR count). The molecule has 0 aliphatic carbocycles. The molecule has 0 amide bonds. The number of rotatable bonds is 2. The molecular weight excluding hydrogens is 195 g/mol. The summed E-state index contributed by atoms with van der Waals surface area (Å²) < 4.78 is 36.4. The van der Waals surface area contributed by atoms with Crippen LogP contribution in [0.3, 0.4) is 0 Å². The minimum absolute atomic E-state index is 0.157. The monoisotopic (exact) mass is 209 g/mol. The molecule has 1 aromatic rings. The van der Waals surface area contributed by atoms with Crippen LogP contribution in [0.1, 0.15) is 26.1 Å². The first-order valence-corrected chi connectivity index (χ1v) is 4.40. The number of halogens is 3. The van der Waals surface area contributed by atoms with E-state index < -0.39 is 12.6 Å². The highest BCUT2D eigenvalue weighted by molar-refractivity contribution is 4.78. The van der Waals surface area contributed by atoms with Crippen LogP contribution >= 0.6 is 0 Å². The standard InChI is InChI=1S/C6H8F3N3.C2H6/c1-5-10-4-11-12(5)3-2-6(7,8)9;1-2/h4H,2-3H2,1H3;1-2H3. The Labute approximate surface area is 81.0 Å². The molecular formula is C8H14F3N3. The first kappa shape index (κ1) is 12.9. The van der Waals surface area contributed by atoms with Crippen LogP contribution in [0.5, 0.6) is 0 Å². The van der Waals surface area contributed by atoms with Crippen molar-refractivity contribution in [3.8, 4) is 0 Å². The van der Waals surface area contributed by atoms with E-state index in [1.54, 1.807) is 6.92 Å². The van der Waals surface area contributed by atoms with Crippen LogP contribution in [0, 0.1) is 6.92 Å². The molecule has 14 heavy (non-hydrogen) atoms. The van der Waals surface area contributed by atoms with E-state index in [0.717, 1.165) is 0 Å². The van der Waals surface area contributed by atoms with E-state index in [2.05, 4.69) is 10.1 Å². The van der Waals surface area contributed by atoms with Crippen molar-refractivity contribution in [2.75, 3.05) is 0 Å². The quantitative estimate of drug-likeness (QED) is 0.749. The smallest absolute Gasteiger partial charge is 0.250 e. The molecule has 0 aromatic carbocycles. The number of aryl methyl sites for hydroxylation is 2. The normalized spacial score (nSPS) is 10.7. The fourth-order valence-electron chi connectivity index (χ4n) is 0.774. The molecule has 0 unspecified atom stereocenters. The summed E-state index contributed by atoms with van der Waals surface area (Å²) in [6.07, 6.45) is -3.75. The third-order valence-electron chi connectivity index (χ3n) is 1.42. The molecule has 0 N–H and O–H groups in total. The zero-order valence-electron chi connectivity index (χ0n) is 8.47. The molecule has 6 heteroatoms. The van der Waals surface area contributed by atoms with Gasteiger partial charge in [0.2, 0.25) is 0 Å². The summed E-state index contributed by atoms with van der Waals surface area (Å²) in [6, 6.07) is 0. The predicted octanol–water partition coefficient (Wildman–Crippen LogP) is 2.57. The number of nitrogens with zero attached hydrogens (tertiary/aromatic N) is 3. The number of aromatic nitrogens is 3. The van der Waals surface area contributed by atoms with Crippen molar-refractivity contribution >= 4 is 0 Å². The molecule has 1 aromatic heterocycles. The topological polar surface area (TPSA) is 30.7 Å². The molecule has 0 aliphatic heterocycles. The maximum absolute atomic E-state index is 11.7. The molecule has 0 saturated heterocycles. The van der Waals surface area contributed by atoms with Crippen molar-refractivity contribution in [3.63, 3.8) is 0 Å². The highest BCUT2D eigenvalue weighted by atomic mass is 19.4. The van der Waals surface area contributed by atoms with Gasteiger partial charge in [0.05, 0.1) is 13.0 Å². The van der Waals surface area contributed by atoms with Crippen molar-refractivity contribution in [2.45, 2.75) is 39.9 Å². The fourth-order valence-corrected chi connectivity index (χ4v) is 0.774. The van der Waals surface area contributed by atoms with E-state index in [1.165, 1.54) is 11.0 Å². The van der Waals surface area contributed by atoms with Crippen LogP contribution in [0.15, 0.2) is 6.33 Å². The van der Waals surface area contributed by atoms with Crippen molar-refractivity contribution < 1.29 is 13.2 Å². The zero-order valence-corrected chi connectivity index (χ0v) is 8.47. The second-order valence-corrected chi connectivity index (χ2v) is 2.40.